The number of fused-ring (bicyclic) bond motifs is 3. The van der Waals surface area contributed by atoms with Crippen LogP contribution in [-0.2, 0) is 0 Å². The number of carbonyl (C=O) groups excluding carboxylic acids is 1. The Bertz CT molecular complexity index is 1050. The minimum Gasteiger partial charge on any atom is -0.328 e. The molecule has 3 aromatic rings. The summed E-state index contributed by atoms with van der Waals surface area (Å²) in [6, 6.07) is 4.44. The van der Waals surface area contributed by atoms with E-state index in [0.29, 0.717) is 5.82 Å². The van der Waals surface area contributed by atoms with Crippen molar-refractivity contribution in [2.24, 2.45) is 5.73 Å². The third-order valence-corrected chi connectivity index (χ3v) is 6.71. The lowest BCUT2D eigenvalue weighted by molar-refractivity contribution is 0.0692. The molecule has 0 saturated carbocycles. The van der Waals surface area contributed by atoms with Gasteiger partial charge in [0, 0.05) is 35.3 Å². The molecular weight excluding hydrogens is 386 g/mol. The normalized spacial score (nSPS) is 23.9. The van der Waals surface area contributed by atoms with Gasteiger partial charge in [-0.2, -0.15) is 0 Å². The first-order chi connectivity index (χ1) is 14.1. The van der Waals surface area contributed by atoms with E-state index in [1.807, 2.05) is 24.0 Å². The molecule has 2 unspecified atom stereocenters. The van der Waals surface area contributed by atoms with Gasteiger partial charge in [-0.05, 0) is 51.2 Å². The Labute approximate surface area is 172 Å². The molecule has 3 N–H and O–H groups in total. The van der Waals surface area contributed by atoms with Crippen LogP contribution in [0.4, 0.5) is 10.6 Å². The van der Waals surface area contributed by atoms with Crippen molar-refractivity contribution >= 4 is 34.1 Å². The summed E-state index contributed by atoms with van der Waals surface area (Å²) in [6.07, 6.45) is 8.44. The molecule has 8 nitrogen and oxygen atoms in total. The van der Waals surface area contributed by atoms with Crippen molar-refractivity contribution in [3.63, 3.8) is 0 Å². The van der Waals surface area contributed by atoms with Crippen molar-refractivity contribution in [2.75, 3.05) is 5.32 Å². The fourth-order valence-corrected chi connectivity index (χ4v) is 5.23. The Hall–Kier alpha value is -2.65. The summed E-state index contributed by atoms with van der Waals surface area (Å²) in [5.74, 6) is 0.530. The number of rotatable bonds is 2. The maximum absolute atomic E-state index is 13.0. The Morgan fingerprint density at radius 3 is 2.69 bits per heavy atom. The van der Waals surface area contributed by atoms with E-state index in [2.05, 4.69) is 25.5 Å². The van der Waals surface area contributed by atoms with E-state index in [-0.39, 0.29) is 24.2 Å². The number of hydrogen-bond acceptors (Lipinski definition) is 7. The molecule has 150 valence electrons. The van der Waals surface area contributed by atoms with Crippen LogP contribution in [0.2, 0.25) is 0 Å². The van der Waals surface area contributed by atoms with E-state index >= 15 is 0 Å². The summed E-state index contributed by atoms with van der Waals surface area (Å²) >= 11 is 1.53. The summed E-state index contributed by atoms with van der Waals surface area (Å²) in [5.41, 5.74) is 7.86. The van der Waals surface area contributed by atoms with Crippen molar-refractivity contribution in [3.8, 4) is 10.6 Å². The number of nitrogens with one attached hydrogen (secondary N) is 1. The average molecular weight is 410 g/mol. The molecule has 2 fully saturated rings. The monoisotopic (exact) mass is 409 g/mol. The lowest BCUT2D eigenvalue weighted by atomic mass is 9.82. The highest BCUT2D eigenvalue weighted by Gasteiger charge is 2.39. The first-order valence-electron chi connectivity index (χ1n) is 9.98. The number of piperidine rings is 2. The van der Waals surface area contributed by atoms with E-state index in [4.69, 9.17) is 5.73 Å². The molecule has 2 aliphatic rings. The van der Waals surface area contributed by atoms with Gasteiger partial charge in [-0.1, -0.05) is 11.3 Å². The first kappa shape index (κ1) is 18.4. The highest BCUT2D eigenvalue weighted by atomic mass is 32.1. The number of nitrogens with zero attached hydrogens (tertiary/aromatic N) is 5. The maximum Gasteiger partial charge on any atom is 0.323 e. The van der Waals surface area contributed by atoms with E-state index in [1.54, 1.807) is 12.4 Å². The van der Waals surface area contributed by atoms with E-state index in [9.17, 15) is 4.79 Å². The lowest BCUT2D eigenvalue weighted by Crippen LogP contribution is -2.58. The summed E-state index contributed by atoms with van der Waals surface area (Å²) in [6.45, 7) is 1.93. The van der Waals surface area contributed by atoms with Crippen molar-refractivity contribution in [1.82, 2.24) is 25.1 Å². The number of pyridine rings is 2. The van der Waals surface area contributed by atoms with Gasteiger partial charge < -0.3 is 10.6 Å². The Kier molecular flexibility index (Phi) is 4.63. The molecule has 2 aliphatic heterocycles. The average Bonchev–Trinajstić information content (AvgIpc) is 3.13. The molecule has 29 heavy (non-hydrogen) atoms. The molecule has 0 spiro atoms. The van der Waals surface area contributed by atoms with Gasteiger partial charge in [0.05, 0.1) is 11.7 Å². The van der Waals surface area contributed by atoms with Gasteiger partial charge in [-0.25, -0.2) is 9.78 Å². The first-order valence-corrected chi connectivity index (χ1v) is 10.8. The summed E-state index contributed by atoms with van der Waals surface area (Å²) < 4.78 is 0. The molecule has 2 amide bonds. The summed E-state index contributed by atoms with van der Waals surface area (Å²) in [4.78, 5) is 23.9. The topological polar surface area (TPSA) is 110 Å². The highest BCUT2D eigenvalue weighted by molar-refractivity contribution is 7.14. The van der Waals surface area contributed by atoms with Crippen molar-refractivity contribution in [1.29, 1.82) is 0 Å². The predicted octanol–water partition coefficient (Wildman–Crippen LogP) is 3.33. The molecule has 5 heterocycles. The second-order valence-corrected chi connectivity index (χ2v) is 9.10. The standard InChI is InChI=1S/C20H23N7OS/c1-11-25-26-19(29-11)13-5-12-6-18(23-10-17(12)22-9-13)24-20(28)27-15-3-2-4-16(27)8-14(21)7-15/h5-6,9-10,14-16H,2-4,7-8,21H2,1H3,(H,23,24,28)/t14?,15-,16?/m0/s1. The maximum atomic E-state index is 13.0. The number of carbonyl (C=O) groups is 1. The molecule has 0 aromatic carbocycles. The molecule has 3 aromatic heterocycles. The van der Waals surface area contributed by atoms with Crippen LogP contribution in [0.15, 0.2) is 24.5 Å². The van der Waals surface area contributed by atoms with Gasteiger partial charge in [0.2, 0.25) is 0 Å². The quantitative estimate of drug-likeness (QED) is 0.672. The van der Waals surface area contributed by atoms with Gasteiger partial charge in [0.15, 0.2) is 0 Å². The van der Waals surface area contributed by atoms with Crippen LogP contribution in [-0.4, -0.2) is 49.2 Å². The fraction of sp³-hybridized carbons (Fsp3) is 0.450. The number of aryl methyl sites for hydroxylation is 1. The van der Waals surface area contributed by atoms with Crippen LogP contribution in [0.25, 0.3) is 21.5 Å². The van der Waals surface area contributed by atoms with Crippen LogP contribution in [0.5, 0.6) is 0 Å². The van der Waals surface area contributed by atoms with Crippen LogP contribution < -0.4 is 11.1 Å². The number of aromatic nitrogens is 4. The second kappa shape index (κ2) is 7.31. The summed E-state index contributed by atoms with van der Waals surface area (Å²) in [7, 11) is 0. The zero-order chi connectivity index (χ0) is 20.0. The van der Waals surface area contributed by atoms with Crippen LogP contribution in [0, 0.1) is 6.92 Å². The number of nitrogens with two attached hydrogens (primary N) is 1. The van der Waals surface area contributed by atoms with E-state index in [0.717, 1.165) is 52.2 Å². The fourth-order valence-electron chi connectivity index (χ4n) is 4.56. The number of amides is 2. The smallest absolute Gasteiger partial charge is 0.323 e. The van der Waals surface area contributed by atoms with Crippen LogP contribution in [0.3, 0.4) is 0 Å². The van der Waals surface area contributed by atoms with Crippen molar-refractivity contribution < 1.29 is 4.79 Å². The molecule has 0 radical (unpaired) electrons. The molecule has 2 saturated heterocycles. The molecular formula is C20H23N7OS. The number of urea groups is 1. The molecule has 5 rings (SSSR count). The minimum absolute atomic E-state index is 0.0812. The predicted molar refractivity (Wildman–Crippen MR) is 113 cm³/mol. The van der Waals surface area contributed by atoms with Crippen molar-refractivity contribution in [2.45, 2.75) is 57.2 Å². The molecule has 9 heteroatoms. The number of anilines is 1. The second-order valence-electron chi connectivity index (χ2n) is 7.92. The number of hydrogen-bond donors (Lipinski definition) is 2. The summed E-state index contributed by atoms with van der Waals surface area (Å²) in [5, 5.41) is 13.9. The third kappa shape index (κ3) is 3.56. The molecule has 2 bridgehead atoms. The third-order valence-electron chi connectivity index (χ3n) is 5.82. The zero-order valence-electron chi connectivity index (χ0n) is 16.2. The SMILES string of the molecule is Cc1nnc(-c2cnc3cnc(NC(=O)N4C5CCC[C@H]4CC(N)C5)cc3c2)s1. The van der Waals surface area contributed by atoms with Gasteiger partial charge in [-0.3, -0.25) is 10.3 Å². The van der Waals surface area contributed by atoms with Gasteiger partial charge in [-0.15, -0.1) is 10.2 Å². The molecule has 3 atom stereocenters. The van der Waals surface area contributed by atoms with E-state index in [1.165, 1.54) is 17.8 Å². The van der Waals surface area contributed by atoms with E-state index < -0.39 is 0 Å². The molecule has 0 aliphatic carbocycles. The minimum atomic E-state index is -0.0812. The Balaban J connectivity index is 1.39. The van der Waals surface area contributed by atoms with Gasteiger partial charge in [0.25, 0.3) is 0 Å². The highest BCUT2D eigenvalue weighted by Crippen LogP contribution is 2.34. The largest absolute Gasteiger partial charge is 0.328 e. The lowest BCUT2D eigenvalue weighted by Gasteiger charge is -2.47. The van der Waals surface area contributed by atoms with Gasteiger partial charge in [0.1, 0.15) is 15.8 Å². The van der Waals surface area contributed by atoms with Crippen LogP contribution >= 0.6 is 11.3 Å². The van der Waals surface area contributed by atoms with Crippen molar-refractivity contribution in [3.05, 3.63) is 29.5 Å². The Morgan fingerprint density at radius 2 is 1.97 bits per heavy atom. The Morgan fingerprint density at radius 1 is 1.17 bits per heavy atom. The van der Waals surface area contributed by atoms with Crippen LogP contribution in [0.1, 0.15) is 37.1 Å². The van der Waals surface area contributed by atoms with Gasteiger partial charge >= 0.3 is 6.03 Å². The zero-order valence-corrected chi connectivity index (χ0v) is 17.0.